The number of rotatable bonds is 4. The summed E-state index contributed by atoms with van der Waals surface area (Å²) in [5, 5.41) is 7.25. The molecule has 5 heteroatoms. The molecule has 3 aromatic carbocycles. The third-order valence-electron chi connectivity index (χ3n) is 11.3. The van der Waals surface area contributed by atoms with Gasteiger partial charge in [-0.1, -0.05) is 43.5 Å². The van der Waals surface area contributed by atoms with Crippen LogP contribution in [0, 0.1) is 5.41 Å². The fourth-order valence-electron chi connectivity index (χ4n) is 9.04. The number of aliphatic imine (C=N–C) groups is 2. The molecule has 1 spiro atoms. The minimum absolute atomic E-state index is 0.228. The van der Waals surface area contributed by atoms with Crippen molar-refractivity contribution in [3.63, 3.8) is 0 Å². The highest BCUT2D eigenvalue weighted by Gasteiger charge is 2.48. The second-order valence-corrected chi connectivity index (χ2v) is 13.9. The topological polar surface area (TPSA) is 65.8 Å². The Kier molecular flexibility index (Phi) is 6.10. The molecule has 43 heavy (non-hydrogen) atoms. The molecule has 218 valence electrons. The zero-order valence-electron chi connectivity index (χ0n) is 25.0. The fraction of sp³-hybridized carbons (Fsp3) is 0.447. The van der Waals surface area contributed by atoms with E-state index in [4.69, 9.17) is 9.98 Å². The van der Waals surface area contributed by atoms with Crippen LogP contribution in [0.4, 0.5) is 11.4 Å². The fourth-order valence-corrected chi connectivity index (χ4v) is 9.04. The Morgan fingerprint density at radius 1 is 0.674 bits per heavy atom. The van der Waals surface area contributed by atoms with Crippen LogP contribution < -0.4 is 10.6 Å². The van der Waals surface area contributed by atoms with Crippen LogP contribution in [0.15, 0.2) is 58.5 Å². The molecule has 2 aliphatic carbocycles. The van der Waals surface area contributed by atoms with E-state index in [1.54, 1.807) is 0 Å². The summed E-state index contributed by atoms with van der Waals surface area (Å²) in [7, 11) is 0. The van der Waals surface area contributed by atoms with Gasteiger partial charge in [0, 0.05) is 47.3 Å². The molecule has 0 amide bonds. The lowest BCUT2D eigenvalue weighted by molar-refractivity contribution is 0.0748. The predicted molar refractivity (Wildman–Crippen MR) is 175 cm³/mol. The van der Waals surface area contributed by atoms with Crippen molar-refractivity contribution < 1.29 is 4.79 Å². The summed E-state index contributed by atoms with van der Waals surface area (Å²) in [6.45, 7) is 2.18. The van der Waals surface area contributed by atoms with Crippen molar-refractivity contribution in [2.45, 2.75) is 89.1 Å². The number of ketones is 1. The third kappa shape index (κ3) is 4.22. The van der Waals surface area contributed by atoms with Gasteiger partial charge in [-0.3, -0.25) is 14.8 Å². The van der Waals surface area contributed by atoms with Gasteiger partial charge in [-0.05, 0) is 121 Å². The van der Waals surface area contributed by atoms with E-state index in [-0.39, 0.29) is 5.41 Å². The lowest BCUT2D eigenvalue weighted by Crippen LogP contribution is -2.30. The smallest absolute Gasteiger partial charge is 0.170 e. The lowest BCUT2D eigenvalue weighted by Gasteiger charge is -2.31. The van der Waals surface area contributed by atoms with E-state index in [0.717, 1.165) is 86.1 Å². The Balaban J connectivity index is 1.10. The molecule has 0 bridgehead atoms. The first kappa shape index (κ1) is 26.0. The quantitative estimate of drug-likeness (QED) is 0.343. The van der Waals surface area contributed by atoms with Crippen molar-refractivity contribution in [1.29, 1.82) is 0 Å². The van der Waals surface area contributed by atoms with Crippen LogP contribution in [0.5, 0.6) is 0 Å². The SMILES string of the molecule is O=C1c2c(-c3ccc4c(c3)CC([C@@H]3CCCN3)=N4)ccc(-c3ccc4c(c3)CC([C@@H]3CCCN3)=N4)c2CC12CCCCC2. The zero-order valence-corrected chi connectivity index (χ0v) is 25.0. The largest absolute Gasteiger partial charge is 0.309 e. The monoisotopic (exact) mass is 568 g/mol. The molecule has 0 unspecified atom stereocenters. The molecule has 4 aliphatic heterocycles. The van der Waals surface area contributed by atoms with E-state index < -0.39 is 0 Å². The number of hydrogen-bond acceptors (Lipinski definition) is 5. The minimum atomic E-state index is -0.228. The number of nitrogens with zero attached hydrogens (tertiary/aromatic N) is 2. The second-order valence-electron chi connectivity index (χ2n) is 13.9. The summed E-state index contributed by atoms with van der Waals surface area (Å²) in [6.07, 6.45) is 13.1. The summed E-state index contributed by atoms with van der Waals surface area (Å²) < 4.78 is 0. The van der Waals surface area contributed by atoms with E-state index in [9.17, 15) is 4.79 Å². The molecule has 3 fully saturated rings. The number of hydrogen-bond donors (Lipinski definition) is 2. The van der Waals surface area contributed by atoms with Gasteiger partial charge in [-0.15, -0.1) is 0 Å². The first-order valence-electron chi connectivity index (χ1n) is 16.7. The summed E-state index contributed by atoms with van der Waals surface area (Å²) in [5.74, 6) is 0.394. The van der Waals surface area contributed by atoms with Crippen LogP contribution in [0.2, 0.25) is 0 Å². The summed E-state index contributed by atoms with van der Waals surface area (Å²) >= 11 is 0. The average molecular weight is 569 g/mol. The number of fused-ring (bicyclic) bond motifs is 3. The lowest BCUT2D eigenvalue weighted by atomic mass is 9.71. The minimum Gasteiger partial charge on any atom is -0.309 e. The van der Waals surface area contributed by atoms with Crippen molar-refractivity contribution in [3.05, 3.63) is 70.8 Å². The van der Waals surface area contributed by atoms with E-state index >= 15 is 0 Å². The zero-order chi connectivity index (χ0) is 28.5. The number of carbonyl (C=O) groups is 1. The second kappa shape index (κ2) is 10.1. The Morgan fingerprint density at radius 2 is 1.26 bits per heavy atom. The van der Waals surface area contributed by atoms with Crippen LogP contribution in [0.3, 0.4) is 0 Å². The van der Waals surface area contributed by atoms with Crippen LogP contribution in [0.1, 0.15) is 84.8 Å². The Bertz CT molecular complexity index is 1710. The highest BCUT2D eigenvalue weighted by molar-refractivity contribution is 6.12. The molecule has 2 saturated heterocycles. The van der Waals surface area contributed by atoms with Crippen LogP contribution in [0.25, 0.3) is 22.3 Å². The normalized spacial score (nSPS) is 25.2. The molecule has 2 N–H and O–H groups in total. The third-order valence-corrected chi connectivity index (χ3v) is 11.3. The number of carbonyl (C=O) groups excluding carboxylic acids is 1. The molecule has 2 atom stereocenters. The molecule has 6 aliphatic rings. The van der Waals surface area contributed by atoms with E-state index in [0.29, 0.717) is 17.9 Å². The van der Waals surface area contributed by atoms with Gasteiger partial charge in [-0.25, -0.2) is 0 Å². The summed E-state index contributed by atoms with van der Waals surface area (Å²) in [6, 6.07) is 18.9. The maximum atomic E-state index is 14.5. The highest BCUT2D eigenvalue weighted by atomic mass is 16.1. The highest BCUT2D eigenvalue weighted by Crippen LogP contribution is 2.52. The average Bonchev–Trinajstić information content (AvgIpc) is 3.87. The molecule has 4 heterocycles. The van der Waals surface area contributed by atoms with Crippen LogP contribution in [-0.4, -0.2) is 42.4 Å². The first-order valence-corrected chi connectivity index (χ1v) is 16.7. The number of Topliss-reactive ketones (excluding diaryl/α,β-unsaturated/α-hetero) is 1. The van der Waals surface area contributed by atoms with Gasteiger partial charge >= 0.3 is 0 Å². The van der Waals surface area contributed by atoms with Crippen molar-refractivity contribution in [2.75, 3.05) is 13.1 Å². The van der Waals surface area contributed by atoms with Gasteiger partial charge in [0.25, 0.3) is 0 Å². The molecular weight excluding hydrogens is 528 g/mol. The molecule has 0 aromatic heterocycles. The van der Waals surface area contributed by atoms with Crippen molar-refractivity contribution in [3.8, 4) is 22.3 Å². The Labute approximate surface area is 254 Å². The van der Waals surface area contributed by atoms with E-state index in [2.05, 4.69) is 59.2 Å². The molecule has 9 rings (SSSR count). The molecule has 1 saturated carbocycles. The molecular formula is C38H40N4O. The van der Waals surface area contributed by atoms with Gasteiger partial charge in [0.1, 0.15) is 0 Å². The predicted octanol–water partition coefficient (Wildman–Crippen LogP) is 7.47. The van der Waals surface area contributed by atoms with Gasteiger partial charge in [-0.2, -0.15) is 0 Å². The maximum absolute atomic E-state index is 14.5. The van der Waals surface area contributed by atoms with Gasteiger partial charge in [0.2, 0.25) is 0 Å². The molecule has 0 radical (unpaired) electrons. The van der Waals surface area contributed by atoms with Gasteiger partial charge in [0.15, 0.2) is 5.78 Å². The first-order chi connectivity index (χ1) is 21.1. The summed E-state index contributed by atoms with van der Waals surface area (Å²) in [5.41, 5.74) is 14.2. The maximum Gasteiger partial charge on any atom is 0.170 e. The van der Waals surface area contributed by atoms with Crippen LogP contribution in [-0.2, 0) is 19.3 Å². The van der Waals surface area contributed by atoms with Gasteiger partial charge in [0.05, 0.1) is 11.4 Å². The van der Waals surface area contributed by atoms with Gasteiger partial charge < -0.3 is 10.6 Å². The van der Waals surface area contributed by atoms with Crippen molar-refractivity contribution in [1.82, 2.24) is 10.6 Å². The molecule has 5 nitrogen and oxygen atoms in total. The van der Waals surface area contributed by atoms with Crippen molar-refractivity contribution in [2.24, 2.45) is 15.4 Å². The van der Waals surface area contributed by atoms with Crippen LogP contribution >= 0.6 is 0 Å². The van der Waals surface area contributed by atoms with E-state index in [1.807, 2.05) is 0 Å². The summed E-state index contributed by atoms with van der Waals surface area (Å²) in [4.78, 5) is 24.6. The van der Waals surface area contributed by atoms with Crippen molar-refractivity contribution >= 4 is 28.6 Å². The number of nitrogens with one attached hydrogen (secondary N) is 2. The Morgan fingerprint density at radius 3 is 1.84 bits per heavy atom. The number of benzene rings is 3. The standard InChI is InChI=1S/C38H40N4O/c43-37-36-28(24-9-13-31-26(19-24)21-35(42-31)33-7-5-17-40-33)11-10-27(29(36)22-38(37)14-2-1-3-15-38)23-8-12-30-25(18-23)20-34(41-30)32-6-4-16-39-32/h8-13,18-19,32-33,39-40H,1-7,14-17,20-22H2/t32-,33-/m0/s1. The van der Waals surface area contributed by atoms with E-state index in [1.165, 1.54) is 71.3 Å². The Hall–Kier alpha value is -3.41. The molecule has 3 aromatic rings.